The minimum atomic E-state index is -4.47. The highest BCUT2D eigenvalue weighted by Gasteiger charge is 2.30. The summed E-state index contributed by atoms with van der Waals surface area (Å²) in [6.45, 7) is 2.02. The second-order valence-electron chi connectivity index (χ2n) is 6.05. The molecule has 9 heteroatoms. The molecule has 0 saturated heterocycles. The monoisotopic (exact) mass is 408 g/mol. The molecule has 0 unspecified atom stereocenters. The molecule has 0 saturated carbocycles. The molecule has 0 radical (unpaired) electrons. The lowest BCUT2D eigenvalue weighted by Crippen LogP contribution is -2.30. The molecule has 0 aliphatic carbocycles. The molecule has 2 N–H and O–H groups in total. The molecule has 1 heterocycles. The molecule has 0 spiro atoms. The molecule has 0 atom stereocenters. The average Bonchev–Trinajstić information content (AvgIpc) is 2.93. The van der Waals surface area contributed by atoms with E-state index in [4.69, 9.17) is 11.6 Å². The van der Waals surface area contributed by atoms with Crippen molar-refractivity contribution in [3.8, 4) is 0 Å². The van der Waals surface area contributed by atoms with Crippen LogP contribution in [0.25, 0.3) is 0 Å². The second-order valence-corrected chi connectivity index (χ2v) is 6.41. The van der Waals surface area contributed by atoms with Gasteiger partial charge in [-0.15, -0.1) is 0 Å². The Balaban J connectivity index is 1.73. The average molecular weight is 409 g/mol. The van der Waals surface area contributed by atoms with Crippen LogP contribution in [0.2, 0.25) is 5.15 Å². The quantitative estimate of drug-likeness (QED) is 0.603. The fourth-order valence-electron chi connectivity index (χ4n) is 2.64. The van der Waals surface area contributed by atoms with Crippen LogP contribution in [0.15, 0.2) is 54.6 Å². The maximum atomic E-state index is 12.8. The lowest BCUT2D eigenvalue weighted by atomic mass is 10.2. The number of nitrogens with one attached hydrogen (secondary N) is 2. The van der Waals surface area contributed by atoms with Gasteiger partial charge in [0.25, 0.3) is 5.91 Å². The molecule has 0 aliphatic heterocycles. The van der Waals surface area contributed by atoms with E-state index in [0.717, 1.165) is 17.7 Å². The van der Waals surface area contributed by atoms with Gasteiger partial charge in [-0.05, 0) is 30.7 Å². The third kappa shape index (κ3) is 4.45. The van der Waals surface area contributed by atoms with Crippen LogP contribution in [-0.2, 0) is 12.7 Å². The number of anilines is 1. The number of rotatable bonds is 5. The Bertz CT molecular complexity index is 987. The van der Waals surface area contributed by atoms with E-state index >= 15 is 0 Å². The van der Waals surface area contributed by atoms with Gasteiger partial charge in [-0.2, -0.15) is 18.3 Å². The topological polar surface area (TPSA) is 59.0 Å². The van der Waals surface area contributed by atoms with Crippen LogP contribution in [0, 0.1) is 6.92 Å². The standard InChI is InChI=1S/C19H16ClF3N4O/c1-12-16(17(20)27(26-12)11-13-6-3-2-4-7-13)18(28)25-24-15-9-5-8-14(10-15)19(21,22)23/h2-10,24H,11H2,1H3,(H,25,28). The number of amides is 1. The first-order valence-corrected chi connectivity index (χ1v) is 8.64. The Kier molecular flexibility index (Phi) is 5.60. The molecule has 1 amide bonds. The number of nitrogens with zero attached hydrogens (tertiary/aromatic N) is 2. The number of carbonyl (C=O) groups is 1. The molecule has 2 aromatic carbocycles. The summed E-state index contributed by atoms with van der Waals surface area (Å²) in [5, 5.41) is 4.42. The van der Waals surface area contributed by atoms with Gasteiger partial charge < -0.3 is 0 Å². The van der Waals surface area contributed by atoms with Crippen molar-refractivity contribution in [1.29, 1.82) is 0 Å². The van der Waals surface area contributed by atoms with E-state index in [1.807, 2.05) is 30.3 Å². The second kappa shape index (κ2) is 7.93. The van der Waals surface area contributed by atoms with Crippen molar-refractivity contribution in [2.75, 3.05) is 5.43 Å². The Morgan fingerprint density at radius 3 is 2.54 bits per heavy atom. The van der Waals surface area contributed by atoms with Gasteiger partial charge in [-0.3, -0.25) is 15.6 Å². The minimum Gasteiger partial charge on any atom is -0.298 e. The first kappa shape index (κ1) is 19.8. The molecule has 28 heavy (non-hydrogen) atoms. The number of carbonyl (C=O) groups excluding carboxylic acids is 1. The summed E-state index contributed by atoms with van der Waals surface area (Å²) in [4.78, 5) is 12.5. The highest BCUT2D eigenvalue weighted by atomic mass is 35.5. The summed E-state index contributed by atoms with van der Waals surface area (Å²) < 4.78 is 39.8. The van der Waals surface area contributed by atoms with Crippen molar-refractivity contribution in [3.63, 3.8) is 0 Å². The Morgan fingerprint density at radius 2 is 1.86 bits per heavy atom. The summed E-state index contributed by atoms with van der Waals surface area (Å²) in [5.41, 5.74) is 5.62. The molecule has 0 bridgehead atoms. The normalized spacial score (nSPS) is 11.3. The Hall–Kier alpha value is -3.00. The van der Waals surface area contributed by atoms with Crippen molar-refractivity contribution in [3.05, 3.63) is 82.1 Å². The summed E-state index contributed by atoms with van der Waals surface area (Å²) in [6, 6.07) is 14.0. The van der Waals surface area contributed by atoms with Gasteiger partial charge in [0.15, 0.2) is 0 Å². The fraction of sp³-hybridized carbons (Fsp3) is 0.158. The van der Waals surface area contributed by atoms with Gasteiger partial charge in [0.05, 0.1) is 23.5 Å². The van der Waals surface area contributed by atoms with Crippen molar-refractivity contribution >= 4 is 23.2 Å². The van der Waals surface area contributed by atoms with Gasteiger partial charge in [0, 0.05) is 0 Å². The summed E-state index contributed by atoms with van der Waals surface area (Å²) in [5.74, 6) is -0.598. The van der Waals surface area contributed by atoms with Gasteiger partial charge in [-0.1, -0.05) is 48.0 Å². The number of halogens is 4. The van der Waals surface area contributed by atoms with Crippen LogP contribution in [0.5, 0.6) is 0 Å². The lowest BCUT2D eigenvalue weighted by Gasteiger charge is -2.11. The van der Waals surface area contributed by atoms with Gasteiger partial charge in [0.2, 0.25) is 0 Å². The van der Waals surface area contributed by atoms with Crippen molar-refractivity contribution in [1.82, 2.24) is 15.2 Å². The van der Waals surface area contributed by atoms with E-state index in [9.17, 15) is 18.0 Å². The van der Waals surface area contributed by atoms with Crippen molar-refractivity contribution in [2.24, 2.45) is 0 Å². The van der Waals surface area contributed by atoms with Gasteiger partial charge >= 0.3 is 6.18 Å². The SMILES string of the molecule is Cc1nn(Cc2ccccc2)c(Cl)c1C(=O)NNc1cccc(C(F)(F)F)c1. The third-order valence-electron chi connectivity index (χ3n) is 3.98. The molecule has 1 aromatic heterocycles. The molecule has 3 rings (SSSR count). The van der Waals surface area contributed by atoms with E-state index in [-0.39, 0.29) is 16.4 Å². The van der Waals surface area contributed by atoms with Crippen LogP contribution in [0.1, 0.15) is 27.2 Å². The number of hydrogen-bond donors (Lipinski definition) is 2. The molecule has 146 valence electrons. The predicted octanol–water partition coefficient (Wildman–Crippen LogP) is 4.67. The third-order valence-corrected chi connectivity index (χ3v) is 4.36. The molecular weight excluding hydrogens is 393 g/mol. The first-order chi connectivity index (χ1) is 13.3. The predicted molar refractivity (Wildman–Crippen MR) is 100 cm³/mol. The van der Waals surface area contributed by atoms with E-state index in [1.165, 1.54) is 16.8 Å². The Labute approximate surface area is 164 Å². The van der Waals surface area contributed by atoms with E-state index < -0.39 is 17.6 Å². The summed E-state index contributed by atoms with van der Waals surface area (Å²) in [7, 11) is 0. The highest BCUT2D eigenvalue weighted by molar-refractivity contribution is 6.33. The van der Waals surface area contributed by atoms with Crippen LogP contribution in [0.4, 0.5) is 18.9 Å². The summed E-state index contributed by atoms with van der Waals surface area (Å²) >= 11 is 6.30. The zero-order valence-electron chi connectivity index (χ0n) is 14.7. The number of hydrogen-bond acceptors (Lipinski definition) is 3. The highest BCUT2D eigenvalue weighted by Crippen LogP contribution is 2.30. The van der Waals surface area contributed by atoms with E-state index in [1.54, 1.807) is 6.92 Å². The zero-order valence-corrected chi connectivity index (χ0v) is 15.5. The first-order valence-electron chi connectivity index (χ1n) is 8.26. The molecule has 0 fully saturated rings. The maximum absolute atomic E-state index is 12.8. The zero-order chi connectivity index (χ0) is 20.3. The number of hydrazine groups is 1. The van der Waals surface area contributed by atoms with E-state index in [0.29, 0.717) is 12.2 Å². The molecular formula is C19H16ClF3N4O. The van der Waals surface area contributed by atoms with Crippen molar-refractivity contribution < 1.29 is 18.0 Å². The van der Waals surface area contributed by atoms with Gasteiger partial charge in [0.1, 0.15) is 10.7 Å². The number of aromatic nitrogens is 2. The largest absolute Gasteiger partial charge is 0.416 e. The number of aryl methyl sites for hydroxylation is 1. The maximum Gasteiger partial charge on any atom is 0.416 e. The van der Waals surface area contributed by atoms with Gasteiger partial charge in [-0.25, -0.2) is 4.68 Å². The van der Waals surface area contributed by atoms with Crippen LogP contribution < -0.4 is 10.9 Å². The van der Waals surface area contributed by atoms with Crippen LogP contribution >= 0.6 is 11.6 Å². The van der Waals surface area contributed by atoms with Crippen molar-refractivity contribution in [2.45, 2.75) is 19.6 Å². The fourth-order valence-corrected chi connectivity index (χ4v) is 2.96. The smallest absolute Gasteiger partial charge is 0.298 e. The number of benzene rings is 2. The van der Waals surface area contributed by atoms with Crippen LogP contribution in [0.3, 0.4) is 0 Å². The lowest BCUT2D eigenvalue weighted by molar-refractivity contribution is -0.137. The molecule has 0 aliphatic rings. The minimum absolute atomic E-state index is 0.0913. The molecule has 3 aromatic rings. The van der Waals surface area contributed by atoms with E-state index in [2.05, 4.69) is 16.0 Å². The number of alkyl halides is 3. The van der Waals surface area contributed by atoms with Crippen LogP contribution in [-0.4, -0.2) is 15.7 Å². The Morgan fingerprint density at radius 1 is 1.14 bits per heavy atom. The summed E-state index contributed by atoms with van der Waals surface area (Å²) in [6.07, 6.45) is -4.47. The molecule has 5 nitrogen and oxygen atoms in total.